The van der Waals surface area contributed by atoms with Crippen LogP contribution in [0.15, 0.2) is 48.7 Å². The summed E-state index contributed by atoms with van der Waals surface area (Å²) in [5, 5.41) is 12.2. The molecular formula is C28H30F3N5O3. The van der Waals surface area contributed by atoms with Gasteiger partial charge in [0.2, 0.25) is 11.9 Å². The van der Waals surface area contributed by atoms with Crippen molar-refractivity contribution in [1.29, 1.82) is 0 Å². The second kappa shape index (κ2) is 11.7. The van der Waals surface area contributed by atoms with Crippen LogP contribution in [0.1, 0.15) is 52.3 Å². The number of amides is 2. The monoisotopic (exact) mass is 541 g/mol. The number of rotatable bonds is 8. The maximum Gasteiger partial charge on any atom is 0.419 e. The number of benzene rings is 2. The molecule has 0 bridgehead atoms. The van der Waals surface area contributed by atoms with Gasteiger partial charge in [-0.3, -0.25) is 4.79 Å². The van der Waals surface area contributed by atoms with Gasteiger partial charge in [0.1, 0.15) is 0 Å². The van der Waals surface area contributed by atoms with Crippen LogP contribution in [0.25, 0.3) is 0 Å². The van der Waals surface area contributed by atoms with E-state index in [9.17, 15) is 22.8 Å². The van der Waals surface area contributed by atoms with E-state index in [1.165, 1.54) is 4.90 Å². The van der Waals surface area contributed by atoms with Gasteiger partial charge in [-0.25, -0.2) is 14.8 Å². The lowest BCUT2D eigenvalue weighted by Crippen LogP contribution is -2.36. The van der Waals surface area contributed by atoms with Gasteiger partial charge in [0.25, 0.3) is 0 Å². The van der Waals surface area contributed by atoms with E-state index in [1.807, 2.05) is 25.1 Å². The number of aromatic nitrogens is 2. The van der Waals surface area contributed by atoms with Crippen molar-refractivity contribution >= 4 is 23.6 Å². The molecule has 0 unspecified atom stereocenters. The molecule has 3 aromatic rings. The van der Waals surface area contributed by atoms with E-state index in [1.54, 1.807) is 24.3 Å². The fourth-order valence-electron chi connectivity index (χ4n) is 5.04. The summed E-state index contributed by atoms with van der Waals surface area (Å²) >= 11 is 0. The lowest BCUT2D eigenvalue weighted by molar-refractivity contribution is -0.138. The number of alkyl halides is 3. The molecule has 0 aliphatic carbocycles. The summed E-state index contributed by atoms with van der Waals surface area (Å²) < 4.78 is 41.2. The Morgan fingerprint density at radius 3 is 2.41 bits per heavy atom. The minimum Gasteiger partial charge on any atom is -0.465 e. The largest absolute Gasteiger partial charge is 0.465 e. The lowest BCUT2D eigenvalue weighted by Gasteiger charge is -2.31. The predicted molar refractivity (Wildman–Crippen MR) is 140 cm³/mol. The number of carboxylic acid groups (broad SMARTS) is 1. The second-order valence-corrected chi connectivity index (χ2v) is 9.70. The molecule has 2 aromatic carbocycles. The SMILES string of the molecule is Cc1cc(Nc2ncc(C(F)(F)F)c(CCc3ccccc3CC(N)=O)n2)ccc1C1CCN(C(=O)O)CC1. The highest BCUT2D eigenvalue weighted by atomic mass is 19.4. The summed E-state index contributed by atoms with van der Waals surface area (Å²) in [6, 6.07) is 12.7. The van der Waals surface area contributed by atoms with Crippen LogP contribution in [0, 0.1) is 6.92 Å². The fourth-order valence-corrected chi connectivity index (χ4v) is 5.04. The molecule has 1 saturated heterocycles. The molecule has 2 heterocycles. The Hall–Kier alpha value is -4.15. The van der Waals surface area contributed by atoms with Gasteiger partial charge < -0.3 is 21.1 Å². The van der Waals surface area contributed by atoms with Crippen molar-refractivity contribution < 1.29 is 27.9 Å². The first-order valence-corrected chi connectivity index (χ1v) is 12.6. The van der Waals surface area contributed by atoms with Gasteiger partial charge in [-0.15, -0.1) is 0 Å². The van der Waals surface area contributed by atoms with Gasteiger partial charge in [-0.1, -0.05) is 30.3 Å². The van der Waals surface area contributed by atoms with Gasteiger partial charge >= 0.3 is 12.3 Å². The van der Waals surface area contributed by atoms with E-state index in [2.05, 4.69) is 15.3 Å². The van der Waals surface area contributed by atoms with E-state index >= 15 is 0 Å². The highest BCUT2D eigenvalue weighted by Gasteiger charge is 2.35. The summed E-state index contributed by atoms with van der Waals surface area (Å²) in [6.07, 6.45) is -3.02. The molecule has 0 radical (unpaired) electrons. The zero-order valence-electron chi connectivity index (χ0n) is 21.5. The van der Waals surface area contributed by atoms with Crippen LogP contribution in [0.4, 0.5) is 29.6 Å². The van der Waals surface area contributed by atoms with Gasteiger partial charge in [0, 0.05) is 25.0 Å². The van der Waals surface area contributed by atoms with Crippen LogP contribution >= 0.6 is 0 Å². The third-order valence-electron chi connectivity index (χ3n) is 7.02. The number of hydrogen-bond donors (Lipinski definition) is 3. The van der Waals surface area contributed by atoms with Crippen LogP contribution in [0.2, 0.25) is 0 Å². The first-order valence-electron chi connectivity index (χ1n) is 12.6. The summed E-state index contributed by atoms with van der Waals surface area (Å²) in [7, 11) is 0. The van der Waals surface area contributed by atoms with Crippen LogP contribution < -0.4 is 11.1 Å². The van der Waals surface area contributed by atoms with Crippen molar-refractivity contribution in [2.24, 2.45) is 5.73 Å². The predicted octanol–water partition coefficient (Wildman–Crippen LogP) is 5.22. The lowest BCUT2D eigenvalue weighted by atomic mass is 9.87. The third kappa shape index (κ3) is 7.04. The molecule has 1 aromatic heterocycles. The summed E-state index contributed by atoms with van der Waals surface area (Å²) in [5.74, 6) is -0.231. The highest BCUT2D eigenvalue weighted by molar-refractivity contribution is 5.77. The number of likely N-dealkylation sites (tertiary alicyclic amines) is 1. The van der Waals surface area contributed by atoms with E-state index in [0.29, 0.717) is 24.3 Å². The van der Waals surface area contributed by atoms with E-state index in [-0.39, 0.29) is 36.8 Å². The first kappa shape index (κ1) is 27.9. The average molecular weight is 542 g/mol. The molecule has 2 amide bonds. The first-order chi connectivity index (χ1) is 18.5. The second-order valence-electron chi connectivity index (χ2n) is 9.70. The topological polar surface area (TPSA) is 121 Å². The van der Waals surface area contributed by atoms with Crippen molar-refractivity contribution in [2.75, 3.05) is 18.4 Å². The van der Waals surface area contributed by atoms with Gasteiger partial charge in [-0.05, 0) is 72.9 Å². The molecule has 1 fully saturated rings. The quantitative estimate of drug-likeness (QED) is 0.360. The molecule has 39 heavy (non-hydrogen) atoms. The minimum absolute atomic E-state index is 0.00513. The third-order valence-corrected chi connectivity index (χ3v) is 7.02. The van der Waals surface area contributed by atoms with Crippen molar-refractivity contribution in [2.45, 2.75) is 51.1 Å². The minimum atomic E-state index is -4.62. The number of primary amides is 1. The smallest absolute Gasteiger partial charge is 0.419 e. The Bertz CT molecular complexity index is 1350. The summed E-state index contributed by atoms with van der Waals surface area (Å²) in [5.41, 5.74) is 8.42. The standard InChI is InChI=1S/C28H30F3N5O3/c1-17-14-21(7-8-22(17)19-10-12-36(13-11-19)27(38)39)34-26-33-16-23(28(29,30)31)24(35-26)9-6-18-4-2-3-5-20(18)15-25(32)37/h2-5,7-8,14,16,19H,6,9-13,15H2,1H3,(H2,32,37)(H,38,39)(H,33,34,35). The van der Waals surface area contributed by atoms with Gasteiger partial charge in [-0.2, -0.15) is 13.2 Å². The van der Waals surface area contributed by atoms with Crippen LogP contribution in [0.3, 0.4) is 0 Å². The molecule has 0 saturated carbocycles. The van der Waals surface area contributed by atoms with Gasteiger partial charge in [0.05, 0.1) is 17.7 Å². The maximum absolute atomic E-state index is 13.7. The molecule has 0 spiro atoms. The summed E-state index contributed by atoms with van der Waals surface area (Å²) in [4.78, 5) is 32.1. The Balaban J connectivity index is 1.51. The van der Waals surface area contributed by atoms with Crippen molar-refractivity contribution in [1.82, 2.24) is 14.9 Å². The fraction of sp³-hybridized carbons (Fsp3) is 0.357. The van der Waals surface area contributed by atoms with E-state index < -0.39 is 23.7 Å². The zero-order chi connectivity index (χ0) is 28.2. The van der Waals surface area contributed by atoms with E-state index in [0.717, 1.165) is 35.7 Å². The number of nitrogens with two attached hydrogens (primary N) is 1. The number of carbonyl (C=O) groups is 2. The molecule has 4 N–H and O–H groups in total. The number of hydrogen-bond acceptors (Lipinski definition) is 5. The number of piperidine rings is 1. The zero-order valence-corrected chi connectivity index (χ0v) is 21.5. The highest BCUT2D eigenvalue weighted by Crippen LogP contribution is 2.34. The number of nitrogens with one attached hydrogen (secondary N) is 1. The molecule has 11 heteroatoms. The Morgan fingerprint density at radius 1 is 1.10 bits per heavy atom. The number of carbonyl (C=O) groups excluding carboxylic acids is 1. The molecule has 206 valence electrons. The molecule has 1 aliphatic heterocycles. The number of anilines is 2. The van der Waals surface area contributed by atoms with Crippen LogP contribution in [0.5, 0.6) is 0 Å². The van der Waals surface area contributed by atoms with Crippen molar-refractivity contribution in [3.05, 3.63) is 82.2 Å². The molecule has 4 rings (SSSR count). The molecule has 0 atom stereocenters. The average Bonchev–Trinajstić information content (AvgIpc) is 2.87. The van der Waals surface area contributed by atoms with E-state index in [4.69, 9.17) is 10.8 Å². The normalized spacial score (nSPS) is 14.3. The Labute approximate surface area is 224 Å². The van der Waals surface area contributed by atoms with Crippen LogP contribution in [-0.4, -0.2) is 45.1 Å². The molecule has 8 nitrogen and oxygen atoms in total. The number of halogens is 3. The summed E-state index contributed by atoms with van der Waals surface area (Å²) in [6.45, 7) is 2.91. The van der Waals surface area contributed by atoms with Gasteiger partial charge in [0.15, 0.2) is 0 Å². The number of aryl methyl sites for hydroxylation is 3. The van der Waals surface area contributed by atoms with Crippen LogP contribution in [-0.2, 0) is 30.2 Å². The Morgan fingerprint density at radius 2 is 1.79 bits per heavy atom. The van der Waals surface area contributed by atoms with Crippen molar-refractivity contribution in [3.8, 4) is 0 Å². The number of nitrogens with zero attached hydrogens (tertiary/aromatic N) is 3. The molecular weight excluding hydrogens is 511 g/mol. The Kier molecular flexibility index (Phi) is 8.37. The molecule has 1 aliphatic rings. The van der Waals surface area contributed by atoms with Crippen molar-refractivity contribution in [3.63, 3.8) is 0 Å². The maximum atomic E-state index is 13.7.